The lowest BCUT2D eigenvalue weighted by Crippen LogP contribution is -1.94. The molecule has 0 atom stereocenters. The lowest BCUT2D eigenvalue weighted by atomic mass is 10.1. The zero-order chi connectivity index (χ0) is 11.0. The van der Waals surface area contributed by atoms with Crippen LogP contribution in [0, 0.1) is 0 Å². The van der Waals surface area contributed by atoms with Gasteiger partial charge in [0.05, 0.1) is 0 Å². The van der Waals surface area contributed by atoms with Crippen molar-refractivity contribution in [2.75, 3.05) is 0 Å². The fraction of sp³-hybridized carbons (Fsp3) is 0.455. The van der Waals surface area contributed by atoms with Crippen LogP contribution in [0.1, 0.15) is 38.1 Å². The van der Waals surface area contributed by atoms with E-state index in [0.717, 1.165) is 17.9 Å². The minimum absolute atomic E-state index is 0.453. The second-order valence-electron chi connectivity index (χ2n) is 3.92. The molecule has 0 unspecified atom stereocenters. The predicted molar refractivity (Wildman–Crippen MR) is 61.5 cm³/mol. The van der Waals surface area contributed by atoms with Gasteiger partial charge in [-0.25, -0.2) is 9.50 Å². The molecule has 0 saturated heterocycles. The van der Waals surface area contributed by atoms with Gasteiger partial charge in [-0.05, 0) is 23.6 Å². The Morgan fingerprint density at radius 1 is 1.40 bits per heavy atom. The van der Waals surface area contributed by atoms with E-state index in [1.54, 1.807) is 4.52 Å². The van der Waals surface area contributed by atoms with Gasteiger partial charge in [0.1, 0.15) is 5.15 Å². The monoisotopic (exact) mass is 223 g/mol. The Balaban J connectivity index is 2.65. The molecule has 2 heterocycles. The van der Waals surface area contributed by atoms with Crippen LogP contribution in [-0.4, -0.2) is 14.6 Å². The Bertz CT molecular complexity index is 488. The molecule has 0 N–H and O–H groups in total. The van der Waals surface area contributed by atoms with Crippen LogP contribution in [-0.2, 0) is 6.42 Å². The molecule has 2 rings (SSSR count). The summed E-state index contributed by atoms with van der Waals surface area (Å²) in [6, 6.07) is 4.00. The highest BCUT2D eigenvalue weighted by atomic mass is 35.5. The molecular formula is C11H14ClN3. The third kappa shape index (κ3) is 1.84. The number of aryl methyl sites for hydroxylation is 1. The van der Waals surface area contributed by atoms with E-state index in [2.05, 4.69) is 23.9 Å². The molecule has 2 aromatic rings. The van der Waals surface area contributed by atoms with Crippen molar-refractivity contribution in [1.29, 1.82) is 0 Å². The molecule has 2 aromatic heterocycles. The smallest absolute Gasteiger partial charge is 0.157 e. The molecule has 0 radical (unpaired) electrons. The fourth-order valence-corrected chi connectivity index (χ4v) is 1.74. The summed E-state index contributed by atoms with van der Waals surface area (Å²) >= 11 is 6.14. The van der Waals surface area contributed by atoms with E-state index in [4.69, 9.17) is 11.6 Å². The van der Waals surface area contributed by atoms with Gasteiger partial charge in [0.25, 0.3) is 0 Å². The van der Waals surface area contributed by atoms with Crippen LogP contribution in [0.2, 0.25) is 5.15 Å². The molecule has 15 heavy (non-hydrogen) atoms. The highest BCUT2D eigenvalue weighted by molar-refractivity contribution is 6.29. The van der Waals surface area contributed by atoms with Crippen molar-refractivity contribution >= 4 is 17.2 Å². The van der Waals surface area contributed by atoms with Gasteiger partial charge in [0.2, 0.25) is 0 Å². The first-order valence-electron chi connectivity index (χ1n) is 5.17. The number of nitrogens with zero attached hydrogens (tertiary/aromatic N) is 3. The van der Waals surface area contributed by atoms with Gasteiger partial charge in [-0.15, -0.1) is 5.10 Å². The van der Waals surface area contributed by atoms with Crippen molar-refractivity contribution < 1.29 is 0 Å². The summed E-state index contributed by atoms with van der Waals surface area (Å²) < 4.78 is 1.69. The molecular weight excluding hydrogens is 210 g/mol. The Labute approximate surface area is 94.1 Å². The van der Waals surface area contributed by atoms with E-state index in [-0.39, 0.29) is 0 Å². The standard InChI is InChI=1S/C11H14ClN3/c1-4-10-13-11-6-8(7(2)3)5-9(12)15(11)14-10/h5-7H,4H2,1-3H3. The molecule has 4 heteroatoms. The van der Waals surface area contributed by atoms with Crippen LogP contribution in [0.5, 0.6) is 0 Å². The third-order valence-electron chi connectivity index (χ3n) is 2.44. The first kappa shape index (κ1) is 10.4. The Kier molecular flexibility index (Phi) is 2.65. The molecule has 0 fully saturated rings. The predicted octanol–water partition coefficient (Wildman–Crippen LogP) is 3.07. The first-order chi connectivity index (χ1) is 7.11. The van der Waals surface area contributed by atoms with E-state index in [1.807, 2.05) is 19.1 Å². The summed E-state index contributed by atoms with van der Waals surface area (Å²) in [6.07, 6.45) is 0.828. The molecule has 80 valence electrons. The van der Waals surface area contributed by atoms with E-state index < -0.39 is 0 Å². The largest absolute Gasteiger partial charge is 0.212 e. The lowest BCUT2D eigenvalue weighted by Gasteiger charge is -2.05. The Hall–Kier alpha value is -1.09. The van der Waals surface area contributed by atoms with E-state index in [9.17, 15) is 0 Å². The van der Waals surface area contributed by atoms with Crippen molar-refractivity contribution in [1.82, 2.24) is 14.6 Å². The summed E-state index contributed by atoms with van der Waals surface area (Å²) in [6.45, 7) is 6.31. The summed E-state index contributed by atoms with van der Waals surface area (Å²) in [7, 11) is 0. The first-order valence-corrected chi connectivity index (χ1v) is 5.54. The van der Waals surface area contributed by atoms with E-state index >= 15 is 0 Å². The topological polar surface area (TPSA) is 30.2 Å². The number of rotatable bonds is 2. The number of halogens is 1. The summed E-state index contributed by atoms with van der Waals surface area (Å²) in [5, 5.41) is 4.93. The average molecular weight is 224 g/mol. The van der Waals surface area contributed by atoms with Crippen LogP contribution in [0.15, 0.2) is 12.1 Å². The average Bonchev–Trinajstić information content (AvgIpc) is 2.61. The van der Waals surface area contributed by atoms with Crippen LogP contribution >= 0.6 is 11.6 Å². The molecule has 3 nitrogen and oxygen atoms in total. The molecule has 0 spiro atoms. The lowest BCUT2D eigenvalue weighted by molar-refractivity contribution is 0.848. The highest BCUT2D eigenvalue weighted by Gasteiger charge is 2.08. The molecule has 0 aliphatic heterocycles. The summed E-state index contributed by atoms with van der Waals surface area (Å²) in [5.74, 6) is 1.28. The fourth-order valence-electron chi connectivity index (χ4n) is 1.49. The SMILES string of the molecule is CCc1nc2cc(C(C)C)cc(Cl)n2n1. The number of hydrogen-bond acceptors (Lipinski definition) is 2. The van der Waals surface area contributed by atoms with Crippen molar-refractivity contribution in [3.05, 3.63) is 28.7 Å². The van der Waals surface area contributed by atoms with Gasteiger partial charge in [0, 0.05) is 6.42 Å². The minimum atomic E-state index is 0.453. The maximum atomic E-state index is 6.14. The van der Waals surface area contributed by atoms with Gasteiger partial charge >= 0.3 is 0 Å². The van der Waals surface area contributed by atoms with Crippen LogP contribution in [0.4, 0.5) is 0 Å². The van der Waals surface area contributed by atoms with E-state index in [0.29, 0.717) is 11.1 Å². The zero-order valence-electron chi connectivity index (χ0n) is 9.16. The maximum Gasteiger partial charge on any atom is 0.157 e. The molecule has 0 amide bonds. The molecule has 0 aliphatic rings. The maximum absolute atomic E-state index is 6.14. The van der Waals surface area contributed by atoms with E-state index in [1.165, 1.54) is 5.56 Å². The summed E-state index contributed by atoms with van der Waals surface area (Å²) in [5.41, 5.74) is 2.03. The number of fused-ring (bicyclic) bond motifs is 1. The summed E-state index contributed by atoms with van der Waals surface area (Å²) in [4.78, 5) is 4.40. The van der Waals surface area contributed by atoms with Gasteiger partial charge in [0.15, 0.2) is 11.5 Å². The van der Waals surface area contributed by atoms with Crippen molar-refractivity contribution in [2.24, 2.45) is 0 Å². The molecule has 0 bridgehead atoms. The molecule has 0 saturated carbocycles. The quantitative estimate of drug-likeness (QED) is 0.733. The van der Waals surface area contributed by atoms with Gasteiger partial charge in [-0.2, -0.15) is 0 Å². The van der Waals surface area contributed by atoms with Crippen LogP contribution in [0.25, 0.3) is 5.65 Å². The minimum Gasteiger partial charge on any atom is -0.212 e. The molecule has 0 aliphatic carbocycles. The third-order valence-corrected chi connectivity index (χ3v) is 2.71. The second-order valence-corrected chi connectivity index (χ2v) is 4.30. The number of pyridine rings is 1. The Morgan fingerprint density at radius 2 is 2.13 bits per heavy atom. The van der Waals surface area contributed by atoms with Gasteiger partial charge in [-0.3, -0.25) is 0 Å². The normalized spacial score (nSPS) is 11.5. The van der Waals surface area contributed by atoms with Crippen LogP contribution in [0.3, 0.4) is 0 Å². The zero-order valence-corrected chi connectivity index (χ0v) is 9.91. The van der Waals surface area contributed by atoms with Gasteiger partial charge in [-0.1, -0.05) is 32.4 Å². The number of aromatic nitrogens is 3. The van der Waals surface area contributed by atoms with Crippen molar-refractivity contribution in [3.8, 4) is 0 Å². The van der Waals surface area contributed by atoms with Crippen molar-refractivity contribution in [3.63, 3.8) is 0 Å². The second kappa shape index (κ2) is 3.81. The number of hydrogen-bond donors (Lipinski definition) is 0. The van der Waals surface area contributed by atoms with Gasteiger partial charge < -0.3 is 0 Å². The Morgan fingerprint density at radius 3 is 2.73 bits per heavy atom. The molecule has 0 aromatic carbocycles. The highest BCUT2D eigenvalue weighted by Crippen LogP contribution is 2.21. The van der Waals surface area contributed by atoms with Crippen LogP contribution < -0.4 is 0 Å². The van der Waals surface area contributed by atoms with Crippen molar-refractivity contribution in [2.45, 2.75) is 33.1 Å².